The molecule has 0 saturated carbocycles. The average Bonchev–Trinajstić information content (AvgIpc) is 2.48. The monoisotopic (exact) mass is 300 g/mol. The number of aliphatic carboxylic acids is 1. The summed E-state index contributed by atoms with van der Waals surface area (Å²) in [5.74, 6) is -0.885. The van der Waals surface area contributed by atoms with Gasteiger partial charge in [-0.3, -0.25) is 9.59 Å². The van der Waals surface area contributed by atoms with Crippen molar-refractivity contribution < 1.29 is 14.7 Å². The maximum Gasteiger partial charge on any atom is 0.304 e. The molecule has 0 amide bonds. The Morgan fingerprint density at radius 2 is 1.52 bits per heavy atom. The Labute approximate surface area is 128 Å². The molecular weight excluding hydrogens is 284 g/mol. The van der Waals surface area contributed by atoms with Crippen LogP contribution in [0, 0.1) is 0 Å². The van der Waals surface area contributed by atoms with Gasteiger partial charge in [0, 0.05) is 10.8 Å². The van der Waals surface area contributed by atoms with Crippen LogP contribution in [0.2, 0.25) is 0 Å². The fourth-order valence-corrected chi connectivity index (χ4v) is 3.10. The molecular formula is C17H16O3S. The van der Waals surface area contributed by atoms with Gasteiger partial charge in [0.2, 0.25) is 5.12 Å². The molecule has 0 bridgehead atoms. The van der Waals surface area contributed by atoms with E-state index in [1.165, 1.54) is 0 Å². The lowest BCUT2D eigenvalue weighted by molar-refractivity contribution is -0.136. The molecule has 2 rings (SSSR count). The van der Waals surface area contributed by atoms with Gasteiger partial charge in [-0.1, -0.05) is 72.4 Å². The first-order valence-corrected chi connectivity index (χ1v) is 7.55. The normalized spacial score (nSPS) is 11.8. The molecule has 0 radical (unpaired) electrons. The summed E-state index contributed by atoms with van der Waals surface area (Å²) in [4.78, 5) is 23.2. The first kappa shape index (κ1) is 15.3. The fraction of sp³-hybridized carbons (Fsp3) is 0.176. The highest BCUT2D eigenvalue weighted by Gasteiger charge is 2.19. The van der Waals surface area contributed by atoms with E-state index in [2.05, 4.69) is 0 Å². The summed E-state index contributed by atoms with van der Waals surface area (Å²) in [5.41, 5.74) is 1.64. The van der Waals surface area contributed by atoms with Gasteiger partial charge in [0.05, 0.1) is 6.42 Å². The standard InChI is InChI=1S/C17H16O3S/c18-16(19)12-15(11-13-7-3-1-4-8-13)21-17(20)14-9-5-2-6-10-14/h1-10,15H,11-12H2,(H,18,19). The number of hydrogen-bond acceptors (Lipinski definition) is 3. The van der Waals surface area contributed by atoms with E-state index in [1.807, 2.05) is 36.4 Å². The molecule has 2 aromatic rings. The number of rotatable bonds is 6. The molecule has 21 heavy (non-hydrogen) atoms. The van der Waals surface area contributed by atoms with Crippen molar-refractivity contribution in [2.75, 3.05) is 0 Å². The summed E-state index contributed by atoms with van der Waals surface area (Å²) in [7, 11) is 0. The Bertz CT molecular complexity index is 596. The SMILES string of the molecule is O=C(O)CC(Cc1ccccc1)SC(=O)c1ccccc1. The van der Waals surface area contributed by atoms with Crippen molar-refractivity contribution >= 4 is 22.8 Å². The summed E-state index contributed by atoms with van der Waals surface area (Å²) >= 11 is 1.10. The van der Waals surface area contributed by atoms with Crippen molar-refractivity contribution in [2.24, 2.45) is 0 Å². The summed E-state index contributed by atoms with van der Waals surface area (Å²) in [5, 5.41) is 8.67. The van der Waals surface area contributed by atoms with Crippen LogP contribution in [0.1, 0.15) is 22.3 Å². The summed E-state index contributed by atoms with van der Waals surface area (Å²) in [6, 6.07) is 18.6. The van der Waals surface area contributed by atoms with Crippen molar-refractivity contribution in [1.29, 1.82) is 0 Å². The zero-order valence-corrected chi connectivity index (χ0v) is 12.3. The molecule has 0 fully saturated rings. The minimum absolute atomic E-state index is 0.0296. The molecule has 1 unspecified atom stereocenters. The first-order chi connectivity index (χ1) is 10.1. The minimum atomic E-state index is -0.885. The third-order valence-corrected chi connectivity index (χ3v) is 4.11. The highest BCUT2D eigenvalue weighted by atomic mass is 32.2. The molecule has 0 spiro atoms. The van der Waals surface area contributed by atoms with E-state index in [4.69, 9.17) is 5.11 Å². The number of carboxylic acids is 1. The average molecular weight is 300 g/mol. The van der Waals surface area contributed by atoms with Gasteiger partial charge in [-0.2, -0.15) is 0 Å². The van der Waals surface area contributed by atoms with Gasteiger partial charge >= 0.3 is 5.97 Å². The van der Waals surface area contributed by atoms with Crippen molar-refractivity contribution in [3.05, 3.63) is 71.8 Å². The van der Waals surface area contributed by atoms with Crippen molar-refractivity contribution in [3.63, 3.8) is 0 Å². The number of carbonyl (C=O) groups excluding carboxylic acids is 1. The Hall–Kier alpha value is -2.07. The van der Waals surface area contributed by atoms with Gasteiger partial charge in [-0.15, -0.1) is 0 Å². The van der Waals surface area contributed by atoms with E-state index < -0.39 is 5.97 Å². The van der Waals surface area contributed by atoms with Crippen LogP contribution in [0.25, 0.3) is 0 Å². The molecule has 1 atom stereocenters. The van der Waals surface area contributed by atoms with Crippen LogP contribution in [0.15, 0.2) is 60.7 Å². The lowest BCUT2D eigenvalue weighted by Crippen LogP contribution is -2.15. The van der Waals surface area contributed by atoms with Gasteiger partial charge in [-0.25, -0.2) is 0 Å². The van der Waals surface area contributed by atoms with Crippen LogP contribution in [0.3, 0.4) is 0 Å². The summed E-state index contributed by atoms with van der Waals surface area (Å²) < 4.78 is 0. The zero-order chi connectivity index (χ0) is 15.1. The fourth-order valence-electron chi connectivity index (χ4n) is 2.02. The molecule has 0 aliphatic carbocycles. The molecule has 0 aliphatic heterocycles. The number of hydrogen-bond donors (Lipinski definition) is 1. The molecule has 0 saturated heterocycles. The van der Waals surface area contributed by atoms with E-state index in [0.29, 0.717) is 12.0 Å². The van der Waals surface area contributed by atoms with Gasteiger partial charge in [-0.05, 0) is 12.0 Å². The van der Waals surface area contributed by atoms with Crippen LogP contribution < -0.4 is 0 Å². The van der Waals surface area contributed by atoms with Crippen LogP contribution in [-0.2, 0) is 11.2 Å². The second-order valence-corrected chi connectivity index (χ2v) is 5.95. The number of carbonyl (C=O) groups is 2. The summed E-state index contributed by atoms with van der Waals surface area (Å²) in [6.45, 7) is 0. The number of benzene rings is 2. The van der Waals surface area contributed by atoms with E-state index in [0.717, 1.165) is 17.3 Å². The number of thioether (sulfide) groups is 1. The minimum Gasteiger partial charge on any atom is -0.481 e. The van der Waals surface area contributed by atoms with Crippen molar-refractivity contribution in [2.45, 2.75) is 18.1 Å². The number of carboxylic acid groups (broad SMARTS) is 1. The predicted octanol–water partition coefficient (Wildman–Crippen LogP) is 3.65. The molecule has 108 valence electrons. The van der Waals surface area contributed by atoms with E-state index in [1.54, 1.807) is 24.3 Å². The van der Waals surface area contributed by atoms with Crippen LogP contribution in [0.4, 0.5) is 0 Å². The van der Waals surface area contributed by atoms with Crippen LogP contribution >= 0.6 is 11.8 Å². The maximum absolute atomic E-state index is 12.2. The molecule has 0 aromatic heterocycles. The zero-order valence-electron chi connectivity index (χ0n) is 11.4. The van der Waals surface area contributed by atoms with Crippen LogP contribution in [0.5, 0.6) is 0 Å². The molecule has 0 aliphatic rings. The molecule has 1 N–H and O–H groups in total. The van der Waals surface area contributed by atoms with Crippen molar-refractivity contribution in [3.8, 4) is 0 Å². The van der Waals surface area contributed by atoms with Crippen molar-refractivity contribution in [1.82, 2.24) is 0 Å². The highest BCUT2D eigenvalue weighted by molar-refractivity contribution is 8.14. The second-order valence-electron chi connectivity index (χ2n) is 4.68. The quantitative estimate of drug-likeness (QED) is 0.885. The highest BCUT2D eigenvalue weighted by Crippen LogP contribution is 2.24. The third-order valence-electron chi connectivity index (χ3n) is 2.99. The van der Waals surface area contributed by atoms with E-state index >= 15 is 0 Å². The van der Waals surface area contributed by atoms with Gasteiger partial charge < -0.3 is 5.11 Å². The third kappa shape index (κ3) is 5.08. The van der Waals surface area contributed by atoms with Gasteiger partial charge in [0.25, 0.3) is 0 Å². The predicted molar refractivity (Wildman–Crippen MR) is 84.6 cm³/mol. The topological polar surface area (TPSA) is 54.4 Å². The van der Waals surface area contributed by atoms with Crippen LogP contribution in [-0.4, -0.2) is 21.4 Å². The van der Waals surface area contributed by atoms with E-state index in [-0.39, 0.29) is 16.8 Å². The second kappa shape index (κ2) is 7.64. The maximum atomic E-state index is 12.2. The first-order valence-electron chi connectivity index (χ1n) is 6.67. The van der Waals surface area contributed by atoms with Gasteiger partial charge in [0.1, 0.15) is 0 Å². The smallest absolute Gasteiger partial charge is 0.304 e. The largest absolute Gasteiger partial charge is 0.481 e. The summed E-state index contributed by atoms with van der Waals surface area (Å²) in [6.07, 6.45) is 0.536. The Balaban J connectivity index is 2.06. The molecule has 4 heteroatoms. The van der Waals surface area contributed by atoms with Gasteiger partial charge in [0.15, 0.2) is 0 Å². The Morgan fingerprint density at radius 3 is 2.10 bits per heavy atom. The lowest BCUT2D eigenvalue weighted by Gasteiger charge is -2.13. The Kier molecular flexibility index (Phi) is 5.58. The van der Waals surface area contributed by atoms with E-state index in [9.17, 15) is 9.59 Å². The molecule has 0 heterocycles. The molecule has 2 aromatic carbocycles. The molecule has 3 nitrogen and oxygen atoms in total. The Morgan fingerprint density at radius 1 is 0.952 bits per heavy atom. The lowest BCUT2D eigenvalue weighted by atomic mass is 10.1.